The summed E-state index contributed by atoms with van der Waals surface area (Å²) in [5.41, 5.74) is 1.65. The summed E-state index contributed by atoms with van der Waals surface area (Å²) in [7, 11) is 0. The van der Waals surface area contributed by atoms with Gasteiger partial charge in [0, 0.05) is 18.7 Å². The number of nitrogens with zero attached hydrogens (tertiary/aromatic N) is 1. The van der Waals surface area contributed by atoms with Crippen molar-refractivity contribution in [3.63, 3.8) is 0 Å². The number of hydrogen-bond acceptors (Lipinski definition) is 2. The SMILES string of the molecule is C=CCOCc1ccccc1C(=O)N(CC)CC. The Labute approximate surface area is 109 Å². The van der Waals surface area contributed by atoms with Crippen LogP contribution in [-0.4, -0.2) is 30.5 Å². The number of benzene rings is 1. The molecule has 0 spiro atoms. The lowest BCUT2D eigenvalue weighted by molar-refractivity contribution is 0.0766. The zero-order chi connectivity index (χ0) is 13.4. The summed E-state index contributed by atoms with van der Waals surface area (Å²) in [6.45, 7) is 9.95. The maximum absolute atomic E-state index is 12.3. The molecule has 3 heteroatoms. The van der Waals surface area contributed by atoms with Crippen LogP contribution in [0, 0.1) is 0 Å². The molecule has 0 unspecified atom stereocenters. The Morgan fingerprint density at radius 3 is 2.61 bits per heavy atom. The van der Waals surface area contributed by atoms with Crippen LogP contribution in [0.5, 0.6) is 0 Å². The minimum Gasteiger partial charge on any atom is -0.373 e. The summed E-state index contributed by atoms with van der Waals surface area (Å²) < 4.78 is 5.42. The lowest BCUT2D eigenvalue weighted by Gasteiger charge is -2.20. The third-order valence-corrected chi connectivity index (χ3v) is 2.79. The van der Waals surface area contributed by atoms with E-state index in [1.54, 1.807) is 6.08 Å². The van der Waals surface area contributed by atoms with E-state index in [9.17, 15) is 4.79 Å². The van der Waals surface area contributed by atoms with Gasteiger partial charge in [-0.1, -0.05) is 24.3 Å². The molecule has 0 N–H and O–H groups in total. The van der Waals surface area contributed by atoms with Gasteiger partial charge in [0.25, 0.3) is 5.91 Å². The van der Waals surface area contributed by atoms with Gasteiger partial charge < -0.3 is 9.64 Å². The van der Waals surface area contributed by atoms with Gasteiger partial charge in [0.05, 0.1) is 13.2 Å². The molecule has 0 aromatic heterocycles. The molecule has 1 aromatic rings. The molecule has 0 radical (unpaired) electrons. The van der Waals surface area contributed by atoms with Crippen LogP contribution in [0.1, 0.15) is 29.8 Å². The zero-order valence-electron chi connectivity index (χ0n) is 11.2. The van der Waals surface area contributed by atoms with Gasteiger partial charge >= 0.3 is 0 Å². The number of hydrogen-bond donors (Lipinski definition) is 0. The molecule has 0 fully saturated rings. The molecule has 1 amide bonds. The summed E-state index contributed by atoms with van der Waals surface area (Å²) in [5, 5.41) is 0. The highest BCUT2D eigenvalue weighted by Gasteiger charge is 2.15. The Bertz CT molecular complexity index is 397. The fraction of sp³-hybridized carbons (Fsp3) is 0.400. The van der Waals surface area contributed by atoms with Crippen molar-refractivity contribution in [1.29, 1.82) is 0 Å². The fourth-order valence-electron chi connectivity index (χ4n) is 1.79. The maximum Gasteiger partial charge on any atom is 0.254 e. The van der Waals surface area contributed by atoms with Gasteiger partial charge in [-0.3, -0.25) is 4.79 Å². The van der Waals surface area contributed by atoms with Gasteiger partial charge in [-0.15, -0.1) is 6.58 Å². The van der Waals surface area contributed by atoms with Gasteiger partial charge in [0.1, 0.15) is 0 Å². The Morgan fingerprint density at radius 2 is 2.00 bits per heavy atom. The summed E-state index contributed by atoms with van der Waals surface area (Å²) in [5.74, 6) is 0.0674. The highest BCUT2D eigenvalue weighted by atomic mass is 16.5. The molecule has 0 aliphatic carbocycles. The average molecular weight is 247 g/mol. The summed E-state index contributed by atoms with van der Waals surface area (Å²) >= 11 is 0. The van der Waals surface area contributed by atoms with Crippen LogP contribution in [0.4, 0.5) is 0 Å². The third-order valence-electron chi connectivity index (χ3n) is 2.79. The lowest BCUT2D eigenvalue weighted by Crippen LogP contribution is -2.31. The Hall–Kier alpha value is -1.61. The van der Waals surface area contributed by atoms with E-state index < -0.39 is 0 Å². The normalized spacial score (nSPS) is 10.1. The first-order chi connectivity index (χ1) is 8.74. The van der Waals surface area contributed by atoms with Crippen molar-refractivity contribution in [2.75, 3.05) is 19.7 Å². The molecule has 0 heterocycles. The summed E-state index contributed by atoms with van der Waals surface area (Å²) in [6.07, 6.45) is 1.70. The first-order valence-corrected chi connectivity index (χ1v) is 6.30. The van der Waals surface area contributed by atoms with Crippen molar-refractivity contribution < 1.29 is 9.53 Å². The third kappa shape index (κ3) is 3.70. The molecule has 0 bridgehead atoms. The summed E-state index contributed by atoms with van der Waals surface area (Å²) in [6, 6.07) is 7.59. The standard InChI is InChI=1S/C15H21NO2/c1-4-11-18-12-13-9-7-8-10-14(13)15(17)16(5-2)6-3/h4,7-10H,1,5-6,11-12H2,2-3H3. The monoisotopic (exact) mass is 247 g/mol. The van der Waals surface area contributed by atoms with E-state index in [0.717, 1.165) is 24.2 Å². The van der Waals surface area contributed by atoms with E-state index in [2.05, 4.69) is 6.58 Å². The number of amides is 1. The van der Waals surface area contributed by atoms with E-state index in [1.165, 1.54) is 0 Å². The second kappa shape index (κ2) is 7.67. The van der Waals surface area contributed by atoms with Crippen molar-refractivity contribution in [3.05, 3.63) is 48.0 Å². The topological polar surface area (TPSA) is 29.5 Å². The molecule has 1 rings (SSSR count). The molecule has 0 atom stereocenters. The number of carbonyl (C=O) groups is 1. The van der Waals surface area contributed by atoms with Gasteiger partial charge in [-0.2, -0.15) is 0 Å². The average Bonchev–Trinajstić information content (AvgIpc) is 2.41. The second-order valence-corrected chi connectivity index (χ2v) is 3.94. The van der Waals surface area contributed by atoms with Gasteiger partial charge in [0.2, 0.25) is 0 Å². The molecule has 1 aromatic carbocycles. The minimum atomic E-state index is 0.0674. The predicted molar refractivity (Wildman–Crippen MR) is 73.5 cm³/mol. The Kier molecular flexibility index (Phi) is 6.15. The molecule has 0 saturated heterocycles. The van der Waals surface area contributed by atoms with Crippen LogP contribution in [-0.2, 0) is 11.3 Å². The molecule has 18 heavy (non-hydrogen) atoms. The molecule has 0 aliphatic rings. The minimum absolute atomic E-state index is 0.0674. The van der Waals surface area contributed by atoms with Crippen LogP contribution in [0.25, 0.3) is 0 Å². The number of ether oxygens (including phenoxy) is 1. The van der Waals surface area contributed by atoms with Crippen LogP contribution in [0.15, 0.2) is 36.9 Å². The number of carbonyl (C=O) groups excluding carboxylic acids is 1. The van der Waals surface area contributed by atoms with Crippen molar-refractivity contribution >= 4 is 5.91 Å². The van der Waals surface area contributed by atoms with Crippen LogP contribution < -0.4 is 0 Å². The zero-order valence-corrected chi connectivity index (χ0v) is 11.2. The summed E-state index contributed by atoms with van der Waals surface area (Å²) in [4.78, 5) is 14.1. The predicted octanol–water partition coefficient (Wildman–Crippen LogP) is 2.87. The maximum atomic E-state index is 12.3. The Balaban J connectivity index is 2.86. The molecule has 98 valence electrons. The Morgan fingerprint density at radius 1 is 1.33 bits per heavy atom. The van der Waals surface area contributed by atoms with Crippen LogP contribution in [0.3, 0.4) is 0 Å². The molecular weight excluding hydrogens is 226 g/mol. The highest BCUT2D eigenvalue weighted by molar-refractivity contribution is 5.95. The first kappa shape index (κ1) is 14.5. The largest absolute Gasteiger partial charge is 0.373 e. The highest BCUT2D eigenvalue weighted by Crippen LogP contribution is 2.13. The van der Waals surface area contributed by atoms with Crippen LogP contribution in [0.2, 0.25) is 0 Å². The van der Waals surface area contributed by atoms with E-state index in [-0.39, 0.29) is 5.91 Å². The second-order valence-electron chi connectivity index (χ2n) is 3.94. The van der Waals surface area contributed by atoms with Gasteiger partial charge in [0.15, 0.2) is 0 Å². The van der Waals surface area contributed by atoms with E-state index >= 15 is 0 Å². The van der Waals surface area contributed by atoms with E-state index in [4.69, 9.17) is 4.74 Å². The van der Waals surface area contributed by atoms with Crippen molar-refractivity contribution in [2.24, 2.45) is 0 Å². The van der Waals surface area contributed by atoms with Crippen molar-refractivity contribution in [2.45, 2.75) is 20.5 Å². The molecule has 0 aliphatic heterocycles. The van der Waals surface area contributed by atoms with Gasteiger partial charge in [-0.25, -0.2) is 0 Å². The molecule has 0 saturated carbocycles. The van der Waals surface area contributed by atoms with Crippen molar-refractivity contribution in [3.8, 4) is 0 Å². The quantitative estimate of drug-likeness (QED) is 0.547. The van der Waals surface area contributed by atoms with Crippen LogP contribution >= 0.6 is 0 Å². The van der Waals surface area contributed by atoms with Crippen molar-refractivity contribution in [1.82, 2.24) is 4.90 Å². The number of rotatable bonds is 7. The lowest BCUT2D eigenvalue weighted by atomic mass is 10.1. The fourth-order valence-corrected chi connectivity index (χ4v) is 1.79. The molecule has 3 nitrogen and oxygen atoms in total. The van der Waals surface area contributed by atoms with E-state index in [0.29, 0.717) is 13.2 Å². The first-order valence-electron chi connectivity index (χ1n) is 6.30. The van der Waals surface area contributed by atoms with E-state index in [1.807, 2.05) is 43.0 Å². The smallest absolute Gasteiger partial charge is 0.254 e. The van der Waals surface area contributed by atoms with Gasteiger partial charge in [-0.05, 0) is 25.5 Å². The molecular formula is C15H21NO2.